The second-order valence-electron chi connectivity index (χ2n) is 6.62. The van der Waals surface area contributed by atoms with Crippen LogP contribution >= 0.6 is 22.7 Å². The average Bonchev–Trinajstić information content (AvgIpc) is 3.53. The summed E-state index contributed by atoms with van der Waals surface area (Å²) in [6.07, 6.45) is 0.590. The van der Waals surface area contributed by atoms with Gasteiger partial charge in [0.2, 0.25) is 17.7 Å². The van der Waals surface area contributed by atoms with Gasteiger partial charge in [-0.15, -0.1) is 10.2 Å². The van der Waals surface area contributed by atoms with Crippen molar-refractivity contribution in [2.24, 2.45) is 0 Å². The molecular weight excluding hydrogens is 432 g/mol. The summed E-state index contributed by atoms with van der Waals surface area (Å²) in [6.45, 7) is 0. The van der Waals surface area contributed by atoms with Crippen LogP contribution in [0.2, 0.25) is 0 Å². The predicted octanol–water partition coefficient (Wildman–Crippen LogP) is 5.77. The number of thiazole rings is 1. The molecule has 5 aromatic rings. The van der Waals surface area contributed by atoms with Crippen LogP contribution in [0.5, 0.6) is 11.5 Å². The first-order valence-corrected chi connectivity index (χ1v) is 11.3. The average molecular weight is 449 g/mol. The lowest BCUT2D eigenvalue weighted by atomic mass is 10.3. The Labute approximate surface area is 185 Å². The van der Waals surface area contributed by atoms with Crippen molar-refractivity contribution in [3.8, 4) is 23.0 Å². The monoisotopic (exact) mass is 448 g/mol. The topological polar surface area (TPSA) is 90.1 Å². The van der Waals surface area contributed by atoms with Gasteiger partial charge in [0.05, 0.1) is 10.2 Å². The fraction of sp³-hybridized carbons (Fsp3) is 0.0909. The molecule has 9 heteroatoms. The number of hydrogen-bond donors (Lipinski definition) is 1. The van der Waals surface area contributed by atoms with E-state index in [-0.39, 0.29) is 12.3 Å². The first-order chi connectivity index (χ1) is 15.2. The third-order valence-corrected chi connectivity index (χ3v) is 6.00. The van der Waals surface area contributed by atoms with Crippen molar-refractivity contribution in [2.75, 3.05) is 5.32 Å². The number of nitrogens with zero attached hydrogens (tertiary/aromatic N) is 3. The van der Waals surface area contributed by atoms with Crippen LogP contribution in [-0.4, -0.2) is 21.1 Å². The number of fused-ring (bicyclic) bond motifs is 1. The van der Waals surface area contributed by atoms with Crippen molar-refractivity contribution in [1.29, 1.82) is 0 Å². The van der Waals surface area contributed by atoms with Gasteiger partial charge in [-0.3, -0.25) is 4.79 Å². The molecule has 154 valence electrons. The van der Waals surface area contributed by atoms with Crippen LogP contribution < -0.4 is 10.1 Å². The van der Waals surface area contributed by atoms with Crippen molar-refractivity contribution in [3.63, 3.8) is 0 Å². The van der Waals surface area contributed by atoms with E-state index in [1.807, 2.05) is 65.4 Å². The normalized spacial score (nSPS) is 11.0. The molecule has 1 N–H and O–H groups in total. The molecule has 3 heterocycles. The predicted molar refractivity (Wildman–Crippen MR) is 121 cm³/mol. The molecule has 0 bridgehead atoms. The van der Waals surface area contributed by atoms with Crippen molar-refractivity contribution >= 4 is 43.9 Å². The highest BCUT2D eigenvalue weighted by molar-refractivity contribution is 7.22. The number of carbonyl (C=O) groups is 1. The number of rotatable bonds is 7. The maximum absolute atomic E-state index is 12.3. The highest BCUT2D eigenvalue weighted by atomic mass is 32.1. The van der Waals surface area contributed by atoms with Gasteiger partial charge in [-0.25, -0.2) is 4.98 Å². The molecule has 0 saturated carbocycles. The third-order valence-electron chi connectivity index (χ3n) is 4.39. The maximum atomic E-state index is 12.3. The molecule has 0 unspecified atom stereocenters. The van der Waals surface area contributed by atoms with E-state index in [9.17, 15) is 4.79 Å². The summed E-state index contributed by atoms with van der Waals surface area (Å²) in [5.74, 6) is 2.23. The van der Waals surface area contributed by atoms with Gasteiger partial charge in [0, 0.05) is 29.9 Å². The van der Waals surface area contributed by atoms with Gasteiger partial charge in [0.1, 0.15) is 11.5 Å². The smallest absolute Gasteiger partial charge is 0.248 e. The second-order valence-corrected chi connectivity index (χ2v) is 8.44. The quantitative estimate of drug-likeness (QED) is 0.340. The molecule has 0 aliphatic heterocycles. The van der Waals surface area contributed by atoms with Crippen LogP contribution in [0.4, 0.5) is 5.13 Å². The second kappa shape index (κ2) is 8.66. The van der Waals surface area contributed by atoms with E-state index >= 15 is 0 Å². The molecule has 0 spiro atoms. The molecule has 7 nitrogen and oxygen atoms in total. The lowest BCUT2D eigenvalue weighted by Crippen LogP contribution is -2.12. The Morgan fingerprint density at radius 2 is 1.97 bits per heavy atom. The highest BCUT2D eigenvalue weighted by Crippen LogP contribution is 2.31. The van der Waals surface area contributed by atoms with Crippen LogP contribution in [-0.2, 0) is 11.2 Å². The minimum atomic E-state index is -0.157. The molecule has 0 aliphatic carbocycles. The first kappa shape index (κ1) is 19.4. The minimum Gasteiger partial charge on any atom is -0.457 e. The van der Waals surface area contributed by atoms with Crippen LogP contribution in [0, 0.1) is 0 Å². The number of nitrogens with one attached hydrogen (secondary N) is 1. The standard InChI is InChI=1S/C22H16N4O3S2/c27-19(8-9-20-25-26-21(29-20)14-10-11-30-13-14)24-22-23-17-7-6-16(12-18(17)31-22)28-15-4-2-1-3-5-15/h1-7,10-13H,8-9H2,(H,23,24,27). The molecule has 0 radical (unpaired) electrons. The van der Waals surface area contributed by atoms with E-state index in [1.165, 1.54) is 11.3 Å². The summed E-state index contributed by atoms with van der Waals surface area (Å²) in [5.41, 5.74) is 1.69. The Kier molecular flexibility index (Phi) is 5.42. The molecule has 5 rings (SSSR count). The van der Waals surface area contributed by atoms with Gasteiger partial charge < -0.3 is 14.5 Å². The zero-order valence-corrected chi connectivity index (χ0v) is 17.8. The lowest BCUT2D eigenvalue weighted by Gasteiger charge is -2.04. The summed E-state index contributed by atoms with van der Waals surface area (Å²) in [4.78, 5) is 16.8. The minimum absolute atomic E-state index is 0.157. The van der Waals surface area contributed by atoms with E-state index in [0.29, 0.717) is 23.3 Å². The number of thiophene rings is 1. The zero-order chi connectivity index (χ0) is 21.0. The number of aromatic nitrogens is 3. The van der Waals surface area contributed by atoms with Crippen LogP contribution in [0.3, 0.4) is 0 Å². The molecule has 3 aromatic heterocycles. The van der Waals surface area contributed by atoms with Gasteiger partial charge in [-0.2, -0.15) is 11.3 Å². The molecule has 1 amide bonds. The van der Waals surface area contributed by atoms with Crippen molar-refractivity contribution in [3.05, 3.63) is 71.2 Å². The number of para-hydroxylation sites is 1. The zero-order valence-electron chi connectivity index (χ0n) is 16.1. The van der Waals surface area contributed by atoms with Gasteiger partial charge in [-0.05, 0) is 35.7 Å². The molecule has 0 saturated heterocycles. The van der Waals surface area contributed by atoms with Gasteiger partial charge >= 0.3 is 0 Å². The lowest BCUT2D eigenvalue weighted by molar-refractivity contribution is -0.116. The van der Waals surface area contributed by atoms with Crippen LogP contribution in [0.1, 0.15) is 12.3 Å². The number of anilines is 1. The summed E-state index contributed by atoms with van der Waals surface area (Å²) in [5, 5.41) is 15.3. The van der Waals surface area contributed by atoms with E-state index in [1.54, 1.807) is 11.3 Å². The number of benzene rings is 2. The van der Waals surface area contributed by atoms with Crippen LogP contribution in [0.25, 0.3) is 21.7 Å². The van der Waals surface area contributed by atoms with Gasteiger partial charge in [0.25, 0.3) is 0 Å². The van der Waals surface area contributed by atoms with Crippen molar-refractivity contribution in [2.45, 2.75) is 12.8 Å². The third kappa shape index (κ3) is 4.62. The van der Waals surface area contributed by atoms with E-state index in [0.717, 1.165) is 27.3 Å². The van der Waals surface area contributed by atoms with Crippen molar-refractivity contribution in [1.82, 2.24) is 15.2 Å². The maximum Gasteiger partial charge on any atom is 0.248 e. The summed E-state index contributed by atoms with van der Waals surface area (Å²) in [6, 6.07) is 17.2. The van der Waals surface area contributed by atoms with Crippen LogP contribution in [0.15, 0.2) is 69.8 Å². The molecular formula is C22H16N4O3S2. The van der Waals surface area contributed by atoms with E-state index in [4.69, 9.17) is 9.15 Å². The number of aryl methyl sites for hydroxylation is 1. The number of amides is 1. The largest absolute Gasteiger partial charge is 0.457 e. The fourth-order valence-electron chi connectivity index (χ4n) is 2.91. The summed E-state index contributed by atoms with van der Waals surface area (Å²) >= 11 is 2.96. The molecule has 0 atom stereocenters. The van der Waals surface area contributed by atoms with E-state index < -0.39 is 0 Å². The first-order valence-electron chi connectivity index (χ1n) is 9.51. The van der Waals surface area contributed by atoms with Crippen molar-refractivity contribution < 1.29 is 13.9 Å². The molecule has 0 aliphatic rings. The summed E-state index contributed by atoms with van der Waals surface area (Å²) < 4.78 is 12.4. The van der Waals surface area contributed by atoms with Gasteiger partial charge in [0.15, 0.2) is 5.13 Å². The van der Waals surface area contributed by atoms with E-state index in [2.05, 4.69) is 20.5 Å². The Hall–Kier alpha value is -3.56. The highest BCUT2D eigenvalue weighted by Gasteiger charge is 2.13. The Morgan fingerprint density at radius 1 is 1.06 bits per heavy atom. The molecule has 31 heavy (non-hydrogen) atoms. The Bertz CT molecular complexity index is 1310. The molecule has 2 aromatic carbocycles. The summed E-state index contributed by atoms with van der Waals surface area (Å²) in [7, 11) is 0. The molecule has 0 fully saturated rings. The Balaban J connectivity index is 1.20. The number of carbonyl (C=O) groups excluding carboxylic acids is 1. The number of ether oxygens (including phenoxy) is 1. The fourth-order valence-corrected chi connectivity index (χ4v) is 4.45. The SMILES string of the molecule is O=C(CCc1nnc(-c2ccsc2)o1)Nc1nc2ccc(Oc3ccccc3)cc2s1. The van der Waals surface area contributed by atoms with Gasteiger partial charge in [-0.1, -0.05) is 29.5 Å². The Morgan fingerprint density at radius 3 is 2.81 bits per heavy atom. The number of hydrogen-bond acceptors (Lipinski definition) is 8.